The van der Waals surface area contributed by atoms with E-state index in [1.807, 2.05) is 49.5 Å². The van der Waals surface area contributed by atoms with E-state index in [0.717, 1.165) is 30.8 Å². The predicted molar refractivity (Wildman–Crippen MR) is 115 cm³/mol. The highest BCUT2D eigenvalue weighted by Gasteiger charge is 2.29. The van der Waals surface area contributed by atoms with Crippen molar-refractivity contribution in [2.75, 3.05) is 37.0 Å². The molecule has 0 saturated carbocycles. The van der Waals surface area contributed by atoms with Crippen LogP contribution in [0, 0.1) is 5.92 Å². The minimum atomic E-state index is -0.337. The fourth-order valence-electron chi connectivity index (χ4n) is 3.56. The second kappa shape index (κ2) is 9.96. The lowest BCUT2D eigenvalue weighted by Gasteiger charge is -2.31. The molecule has 1 unspecified atom stereocenters. The molecule has 0 aliphatic carbocycles. The third-order valence-electron chi connectivity index (χ3n) is 5.16. The van der Waals surface area contributed by atoms with Crippen molar-refractivity contribution in [1.82, 2.24) is 4.90 Å². The zero-order valence-electron chi connectivity index (χ0n) is 17.1. The Kier molecular flexibility index (Phi) is 7.11. The number of amides is 2. The van der Waals surface area contributed by atoms with Gasteiger partial charge in [0.05, 0.1) is 12.5 Å². The molecule has 0 spiro atoms. The van der Waals surface area contributed by atoms with Gasteiger partial charge in [-0.05, 0) is 49.6 Å². The maximum absolute atomic E-state index is 12.7. The van der Waals surface area contributed by atoms with Gasteiger partial charge in [-0.25, -0.2) is 4.79 Å². The van der Waals surface area contributed by atoms with E-state index >= 15 is 0 Å². The number of ether oxygens (including phenoxy) is 1. The van der Waals surface area contributed by atoms with E-state index in [2.05, 4.69) is 22.3 Å². The fraction of sp³-hybridized carbons (Fsp3) is 0.391. The third-order valence-corrected chi connectivity index (χ3v) is 5.16. The first-order chi connectivity index (χ1) is 14.1. The number of nitrogens with zero attached hydrogens (tertiary/aromatic N) is 2. The van der Waals surface area contributed by atoms with Crippen LogP contribution in [0.1, 0.15) is 25.3 Å². The molecule has 2 amide bonds. The van der Waals surface area contributed by atoms with E-state index in [1.54, 1.807) is 11.8 Å². The summed E-state index contributed by atoms with van der Waals surface area (Å²) in [6.07, 6.45) is 1.25. The Morgan fingerprint density at radius 3 is 2.55 bits per heavy atom. The Morgan fingerprint density at radius 2 is 1.86 bits per heavy atom. The van der Waals surface area contributed by atoms with E-state index in [4.69, 9.17) is 4.74 Å². The van der Waals surface area contributed by atoms with Crippen molar-refractivity contribution in [3.05, 3.63) is 60.2 Å². The maximum atomic E-state index is 12.7. The average Bonchev–Trinajstić information content (AvgIpc) is 2.75. The number of rotatable bonds is 6. The minimum Gasteiger partial charge on any atom is -0.450 e. The molecule has 1 aliphatic rings. The van der Waals surface area contributed by atoms with Crippen molar-refractivity contribution in [3.63, 3.8) is 0 Å². The molecule has 2 aromatic carbocycles. The second-order valence-electron chi connectivity index (χ2n) is 7.36. The summed E-state index contributed by atoms with van der Waals surface area (Å²) in [7, 11) is 2.05. The number of hydrogen-bond donors (Lipinski definition) is 1. The molecule has 3 rings (SSSR count). The molecule has 6 nitrogen and oxygen atoms in total. The SMILES string of the molecule is CCOC(=O)N1CCCC(C(=O)Nc2ccc(N(C)Cc3ccccc3)cc2)C1. The first-order valence-corrected chi connectivity index (χ1v) is 10.1. The molecular formula is C23H29N3O3. The van der Waals surface area contributed by atoms with Crippen LogP contribution in [0.2, 0.25) is 0 Å². The van der Waals surface area contributed by atoms with Crippen molar-refractivity contribution in [3.8, 4) is 0 Å². The van der Waals surface area contributed by atoms with E-state index in [0.29, 0.717) is 19.7 Å². The smallest absolute Gasteiger partial charge is 0.409 e. The van der Waals surface area contributed by atoms with Crippen LogP contribution in [0.4, 0.5) is 16.2 Å². The summed E-state index contributed by atoms with van der Waals surface area (Å²) in [5.41, 5.74) is 3.09. The fourth-order valence-corrected chi connectivity index (χ4v) is 3.56. The van der Waals surface area contributed by atoms with Crippen molar-refractivity contribution in [2.24, 2.45) is 5.92 Å². The maximum Gasteiger partial charge on any atom is 0.409 e. The molecule has 1 N–H and O–H groups in total. The molecule has 0 radical (unpaired) electrons. The van der Waals surface area contributed by atoms with Gasteiger partial charge in [-0.2, -0.15) is 0 Å². The molecular weight excluding hydrogens is 366 g/mol. The van der Waals surface area contributed by atoms with E-state index < -0.39 is 0 Å². The lowest BCUT2D eigenvalue weighted by atomic mass is 9.97. The molecule has 154 valence electrons. The molecule has 1 saturated heterocycles. The van der Waals surface area contributed by atoms with Crippen LogP contribution >= 0.6 is 0 Å². The highest BCUT2D eigenvalue weighted by Crippen LogP contribution is 2.22. The number of nitrogens with one attached hydrogen (secondary N) is 1. The quantitative estimate of drug-likeness (QED) is 0.799. The van der Waals surface area contributed by atoms with Gasteiger partial charge in [-0.15, -0.1) is 0 Å². The van der Waals surface area contributed by atoms with Crippen molar-refractivity contribution < 1.29 is 14.3 Å². The summed E-state index contributed by atoms with van der Waals surface area (Å²) >= 11 is 0. The zero-order chi connectivity index (χ0) is 20.6. The number of piperidine rings is 1. The molecule has 1 heterocycles. The monoisotopic (exact) mass is 395 g/mol. The normalized spacial score (nSPS) is 16.2. The van der Waals surface area contributed by atoms with Crippen LogP contribution in [0.25, 0.3) is 0 Å². The molecule has 0 aromatic heterocycles. The molecule has 1 aliphatic heterocycles. The zero-order valence-corrected chi connectivity index (χ0v) is 17.1. The van der Waals surface area contributed by atoms with Gasteiger partial charge in [-0.1, -0.05) is 30.3 Å². The molecule has 29 heavy (non-hydrogen) atoms. The predicted octanol–water partition coefficient (Wildman–Crippen LogP) is 4.13. The largest absolute Gasteiger partial charge is 0.450 e. The van der Waals surface area contributed by atoms with Gasteiger partial charge in [-0.3, -0.25) is 4.79 Å². The van der Waals surface area contributed by atoms with Gasteiger partial charge in [0.2, 0.25) is 5.91 Å². The Morgan fingerprint density at radius 1 is 1.14 bits per heavy atom. The number of carbonyl (C=O) groups is 2. The number of hydrogen-bond acceptors (Lipinski definition) is 4. The van der Waals surface area contributed by atoms with Crippen LogP contribution < -0.4 is 10.2 Å². The van der Waals surface area contributed by atoms with Gasteiger partial charge in [0.25, 0.3) is 0 Å². The van der Waals surface area contributed by atoms with Gasteiger partial charge in [0.15, 0.2) is 0 Å². The van der Waals surface area contributed by atoms with Crippen LogP contribution in [0.3, 0.4) is 0 Å². The minimum absolute atomic E-state index is 0.0515. The van der Waals surface area contributed by atoms with Crippen molar-refractivity contribution in [2.45, 2.75) is 26.3 Å². The van der Waals surface area contributed by atoms with Crippen LogP contribution in [-0.4, -0.2) is 43.6 Å². The standard InChI is InChI=1S/C23H29N3O3/c1-3-29-23(28)26-15-7-10-19(17-26)22(27)24-20-11-13-21(14-12-20)25(2)16-18-8-5-4-6-9-18/h4-6,8-9,11-14,19H,3,7,10,15-17H2,1-2H3,(H,24,27). The summed E-state index contributed by atoms with van der Waals surface area (Å²) in [5, 5.41) is 2.98. The van der Waals surface area contributed by atoms with Gasteiger partial charge >= 0.3 is 6.09 Å². The molecule has 0 bridgehead atoms. The first kappa shape index (κ1) is 20.7. The van der Waals surface area contributed by atoms with Crippen molar-refractivity contribution in [1.29, 1.82) is 0 Å². The molecule has 1 atom stereocenters. The molecule has 6 heteroatoms. The topological polar surface area (TPSA) is 61.9 Å². The third kappa shape index (κ3) is 5.73. The Bertz CT molecular complexity index is 808. The number of anilines is 2. The molecule has 2 aromatic rings. The molecule has 1 fully saturated rings. The lowest BCUT2D eigenvalue weighted by molar-refractivity contribution is -0.121. The summed E-state index contributed by atoms with van der Waals surface area (Å²) in [6, 6.07) is 18.1. The highest BCUT2D eigenvalue weighted by molar-refractivity contribution is 5.93. The van der Waals surface area contributed by atoms with Crippen LogP contribution in [-0.2, 0) is 16.1 Å². The first-order valence-electron chi connectivity index (χ1n) is 10.1. The Labute approximate surface area is 172 Å². The average molecular weight is 396 g/mol. The van der Waals surface area contributed by atoms with Gasteiger partial charge in [0.1, 0.15) is 0 Å². The van der Waals surface area contributed by atoms with Crippen molar-refractivity contribution >= 4 is 23.4 Å². The Hall–Kier alpha value is -3.02. The number of likely N-dealkylation sites (tertiary alicyclic amines) is 1. The van der Waals surface area contributed by atoms with E-state index in [9.17, 15) is 9.59 Å². The Balaban J connectivity index is 1.55. The summed E-state index contributed by atoms with van der Waals surface area (Å²) in [5.74, 6) is -0.266. The second-order valence-corrected chi connectivity index (χ2v) is 7.36. The number of carbonyl (C=O) groups excluding carboxylic acids is 2. The van der Waals surface area contributed by atoms with E-state index in [1.165, 1.54) is 5.56 Å². The summed E-state index contributed by atoms with van der Waals surface area (Å²) < 4.78 is 5.06. The van der Waals surface area contributed by atoms with Gasteiger partial charge < -0.3 is 19.9 Å². The highest BCUT2D eigenvalue weighted by atomic mass is 16.6. The van der Waals surface area contributed by atoms with E-state index in [-0.39, 0.29) is 17.9 Å². The van der Waals surface area contributed by atoms with Crippen LogP contribution in [0.5, 0.6) is 0 Å². The van der Waals surface area contributed by atoms with Gasteiger partial charge in [0, 0.05) is 38.1 Å². The van der Waals surface area contributed by atoms with Crippen LogP contribution in [0.15, 0.2) is 54.6 Å². The summed E-state index contributed by atoms with van der Waals surface area (Å²) in [6.45, 7) is 4.00. The lowest BCUT2D eigenvalue weighted by Crippen LogP contribution is -2.44. The number of benzene rings is 2. The summed E-state index contributed by atoms with van der Waals surface area (Å²) in [4.78, 5) is 28.4.